The summed E-state index contributed by atoms with van der Waals surface area (Å²) in [5.41, 5.74) is 5.05. The van der Waals surface area contributed by atoms with E-state index >= 15 is 0 Å². The van der Waals surface area contributed by atoms with E-state index in [0.29, 0.717) is 18.9 Å². The van der Waals surface area contributed by atoms with Gasteiger partial charge in [-0.25, -0.2) is 0 Å². The molecule has 1 amide bonds. The number of hydrogen-bond acceptors (Lipinski definition) is 3. The molecule has 1 fully saturated rings. The summed E-state index contributed by atoms with van der Waals surface area (Å²) in [5.74, 6) is 0.347. The molecule has 1 saturated carbocycles. The van der Waals surface area contributed by atoms with Crippen molar-refractivity contribution in [3.8, 4) is 0 Å². The zero-order chi connectivity index (χ0) is 13.1. The highest BCUT2D eigenvalue weighted by molar-refractivity contribution is 5.79. The number of nitrogens with one attached hydrogen (secondary N) is 1. The Hall–Kier alpha value is -0.610. The maximum atomic E-state index is 11.9. The van der Waals surface area contributed by atoms with E-state index < -0.39 is 5.60 Å². The van der Waals surface area contributed by atoms with E-state index in [9.17, 15) is 9.90 Å². The van der Waals surface area contributed by atoms with Crippen molar-refractivity contribution in [3.63, 3.8) is 0 Å². The van der Waals surface area contributed by atoms with Crippen LogP contribution in [0.5, 0.6) is 0 Å². The van der Waals surface area contributed by atoms with Crippen LogP contribution < -0.4 is 11.1 Å². The number of carbonyl (C=O) groups is 1. The molecule has 1 aliphatic rings. The van der Waals surface area contributed by atoms with Gasteiger partial charge in [-0.05, 0) is 32.1 Å². The number of nitrogens with two attached hydrogens (primary N) is 1. The Morgan fingerprint density at radius 2 is 2.18 bits per heavy atom. The Morgan fingerprint density at radius 3 is 2.65 bits per heavy atom. The number of amides is 1. The molecule has 0 aromatic carbocycles. The maximum absolute atomic E-state index is 11.9. The van der Waals surface area contributed by atoms with E-state index in [4.69, 9.17) is 5.73 Å². The molecule has 4 heteroatoms. The van der Waals surface area contributed by atoms with Crippen molar-refractivity contribution in [1.82, 2.24) is 5.32 Å². The van der Waals surface area contributed by atoms with Gasteiger partial charge in [0.1, 0.15) is 0 Å². The standard InChI is InChI=1S/C13H26N2O2/c1-9(2)7-13(3,17)8-15-12(16)10-5-4-6-11(10)14/h9-11,17H,4-8,14H2,1-3H3,(H,15,16). The molecule has 0 radical (unpaired) electrons. The number of carbonyl (C=O) groups excluding carboxylic acids is 1. The smallest absolute Gasteiger partial charge is 0.224 e. The number of hydrogen-bond donors (Lipinski definition) is 3. The van der Waals surface area contributed by atoms with Crippen molar-refractivity contribution in [2.24, 2.45) is 17.6 Å². The second kappa shape index (κ2) is 5.83. The molecule has 0 bridgehead atoms. The lowest BCUT2D eigenvalue weighted by atomic mass is 9.94. The average Bonchev–Trinajstić information content (AvgIpc) is 2.59. The van der Waals surface area contributed by atoms with Gasteiger partial charge >= 0.3 is 0 Å². The van der Waals surface area contributed by atoms with Crippen molar-refractivity contribution in [2.75, 3.05) is 6.54 Å². The van der Waals surface area contributed by atoms with E-state index in [0.717, 1.165) is 19.3 Å². The predicted molar refractivity (Wildman–Crippen MR) is 68.4 cm³/mol. The van der Waals surface area contributed by atoms with Gasteiger partial charge in [-0.2, -0.15) is 0 Å². The lowest BCUT2D eigenvalue weighted by Gasteiger charge is -2.26. The Labute approximate surface area is 104 Å². The molecule has 0 spiro atoms. The highest BCUT2D eigenvalue weighted by atomic mass is 16.3. The van der Waals surface area contributed by atoms with Crippen LogP contribution in [0.1, 0.15) is 46.5 Å². The van der Waals surface area contributed by atoms with Crippen LogP contribution in [0.4, 0.5) is 0 Å². The maximum Gasteiger partial charge on any atom is 0.224 e. The average molecular weight is 242 g/mol. The fraction of sp³-hybridized carbons (Fsp3) is 0.923. The van der Waals surface area contributed by atoms with Gasteiger partial charge in [0.25, 0.3) is 0 Å². The normalized spacial score (nSPS) is 28.1. The predicted octanol–water partition coefficient (Wildman–Crippen LogP) is 1.03. The molecule has 100 valence electrons. The van der Waals surface area contributed by atoms with Crippen LogP contribution in [-0.2, 0) is 4.79 Å². The van der Waals surface area contributed by atoms with Crippen LogP contribution in [-0.4, -0.2) is 29.2 Å². The van der Waals surface area contributed by atoms with E-state index in [1.54, 1.807) is 6.92 Å². The minimum absolute atomic E-state index is 0.000897. The van der Waals surface area contributed by atoms with E-state index in [1.807, 2.05) is 0 Å². The van der Waals surface area contributed by atoms with Gasteiger partial charge < -0.3 is 16.2 Å². The summed E-state index contributed by atoms with van der Waals surface area (Å²) >= 11 is 0. The molecular formula is C13H26N2O2. The first kappa shape index (κ1) is 14.5. The first-order chi connectivity index (χ1) is 7.82. The largest absolute Gasteiger partial charge is 0.388 e. The van der Waals surface area contributed by atoms with Crippen molar-refractivity contribution < 1.29 is 9.90 Å². The lowest BCUT2D eigenvalue weighted by molar-refractivity contribution is -0.126. The molecule has 1 rings (SSSR count). The minimum Gasteiger partial charge on any atom is -0.388 e. The van der Waals surface area contributed by atoms with Crippen LogP contribution in [0.3, 0.4) is 0 Å². The molecule has 0 aliphatic heterocycles. The first-order valence-corrected chi connectivity index (χ1v) is 6.57. The summed E-state index contributed by atoms with van der Waals surface area (Å²) < 4.78 is 0. The zero-order valence-corrected chi connectivity index (χ0v) is 11.2. The van der Waals surface area contributed by atoms with Crippen LogP contribution in [0.25, 0.3) is 0 Å². The van der Waals surface area contributed by atoms with Gasteiger partial charge in [0.05, 0.1) is 11.5 Å². The summed E-state index contributed by atoms with van der Waals surface area (Å²) in [6.45, 7) is 6.20. The summed E-state index contributed by atoms with van der Waals surface area (Å²) in [5, 5.41) is 12.9. The van der Waals surface area contributed by atoms with Crippen LogP contribution >= 0.6 is 0 Å². The summed E-state index contributed by atoms with van der Waals surface area (Å²) in [6.07, 6.45) is 3.52. The molecule has 4 N–H and O–H groups in total. The summed E-state index contributed by atoms with van der Waals surface area (Å²) in [6, 6.07) is -0.00922. The van der Waals surface area contributed by atoms with Gasteiger partial charge in [-0.3, -0.25) is 4.79 Å². The zero-order valence-electron chi connectivity index (χ0n) is 11.2. The van der Waals surface area contributed by atoms with Gasteiger partial charge in [0.2, 0.25) is 5.91 Å². The Kier molecular flexibility index (Phi) is 4.95. The van der Waals surface area contributed by atoms with Gasteiger partial charge in [-0.15, -0.1) is 0 Å². The minimum atomic E-state index is -0.827. The second-order valence-corrected chi connectivity index (χ2v) is 6.01. The molecule has 3 atom stereocenters. The quantitative estimate of drug-likeness (QED) is 0.674. The van der Waals surface area contributed by atoms with Crippen LogP contribution in [0.15, 0.2) is 0 Å². The Morgan fingerprint density at radius 1 is 1.53 bits per heavy atom. The molecule has 3 unspecified atom stereocenters. The number of aliphatic hydroxyl groups is 1. The molecule has 0 aromatic rings. The summed E-state index contributed by atoms with van der Waals surface area (Å²) in [7, 11) is 0. The van der Waals surface area contributed by atoms with Crippen molar-refractivity contribution in [1.29, 1.82) is 0 Å². The first-order valence-electron chi connectivity index (χ1n) is 6.57. The third-order valence-electron chi connectivity index (χ3n) is 3.40. The summed E-state index contributed by atoms with van der Waals surface area (Å²) in [4.78, 5) is 11.9. The van der Waals surface area contributed by atoms with Crippen molar-refractivity contribution in [3.05, 3.63) is 0 Å². The van der Waals surface area contributed by atoms with Gasteiger partial charge in [0, 0.05) is 12.6 Å². The highest BCUT2D eigenvalue weighted by Gasteiger charge is 2.31. The van der Waals surface area contributed by atoms with E-state index in [-0.39, 0.29) is 17.9 Å². The highest BCUT2D eigenvalue weighted by Crippen LogP contribution is 2.24. The second-order valence-electron chi connectivity index (χ2n) is 6.01. The fourth-order valence-electron chi connectivity index (χ4n) is 2.67. The molecular weight excluding hydrogens is 216 g/mol. The molecule has 0 aromatic heterocycles. The van der Waals surface area contributed by atoms with Crippen molar-refractivity contribution >= 4 is 5.91 Å². The van der Waals surface area contributed by atoms with E-state index in [1.165, 1.54) is 0 Å². The van der Waals surface area contributed by atoms with Crippen LogP contribution in [0, 0.1) is 11.8 Å². The molecule has 17 heavy (non-hydrogen) atoms. The number of rotatable bonds is 5. The van der Waals surface area contributed by atoms with E-state index in [2.05, 4.69) is 19.2 Å². The Bertz CT molecular complexity index is 264. The molecule has 1 aliphatic carbocycles. The third-order valence-corrected chi connectivity index (χ3v) is 3.40. The van der Waals surface area contributed by atoms with Gasteiger partial charge in [-0.1, -0.05) is 20.3 Å². The monoisotopic (exact) mass is 242 g/mol. The van der Waals surface area contributed by atoms with Gasteiger partial charge in [0.15, 0.2) is 0 Å². The molecule has 0 heterocycles. The van der Waals surface area contributed by atoms with Crippen molar-refractivity contribution in [2.45, 2.75) is 58.1 Å². The SMILES string of the molecule is CC(C)CC(C)(O)CNC(=O)C1CCCC1N. The lowest BCUT2D eigenvalue weighted by Crippen LogP contribution is -2.46. The topological polar surface area (TPSA) is 75.3 Å². The third kappa shape index (κ3) is 4.64. The molecule has 4 nitrogen and oxygen atoms in total. The van der Waals surface area contributed by atoms with Crippen LogP contribution in [0.2, 0.25) is 0 Å². The Balaban J connectivity index is 2.37. The fourth-order valence-corrected chi connectivity index (χ4v) is 2.67. The molecule has 0 saturated heterocycles.